The van der Waals surface area contributed by atoms with E-state index in [-0.39, 0.29) is 18.2 Å². The van der Waals surface area contributed by atoms with Crippen molar-refractivity contribution in [1.29, 1.82) is 0 Å². The maximum absolute atomic E-state index is 12.7. The molecule has 0 bridgehead atoms. The van der Waals surface area contributed by atoms with Gasteiger partial charge in [0, 0.05) is 37.0 Å². The number of esters is 1. The lowest BCUT2D eigenvalue weighted by atomic mass is 9.78. The van der Waals surface area contributed by atoms with E-state index in [1.165, 1.54) is 23.6 Å². The summed E-state index contributed by atoms with van der Waals surface area (Å²) in [5, 5.41) is 22.3. The minimum Gasteiger partial charge on any atom is -0.543 e. The monoisotopic (exact) mass is 595 g/mol. The number of aryl methyl sites for hydroxylation is 3. The molecule has 1 amide bonds. The van der Waals surface area contributed by atoms with Crippen LogP contribution in [0.15, 0.2) is 72.2 Å². The summed E-state index contributed by atoms with van der Waals surface area (Å²) in [6, 6.07) is 13.5. The summed E-state index contributed by atoms with van der Waals surface area (Å²) >= 11 is 0. The molecule has 228 valence electrons. The number of fused-ring (bicyclic) bond motifs is 4. The average molecular weight is 596 g/mol. The number of aromatic nitrogens is 1. The fourth-order valence-corrected chi connectivity index (χ4v) is 7.00. The SMILES string of the molecule is COC(=O)C=C1c2cc(CCCc3ccn(C)c3)ccc2-c2c(OCC3=C(C(=O)[O-])N4C(=O)C(C(C)O)C4[C@H]3C)cccc21. The molecule has 0 saturated carbocycles. The Kier molecular flexibility index (Phi) is 7.67. The Morgan fingerprint density at radius 3 is 2.55 bits per heavy atom. The smallest absolute Gasteiger partial charge is 0.331 e. The Labute approximate surface area is 256 Å². The zero-order valence-corrected chi connectivity index (χ0v) is 25.2. The van der Waals surface area contributed by atoms with Crippen molar-refractivity contribution in [1.82, 2.24) is 9.47 Å². The van der Waals surface area contributed by atoms with Crippen molar-refractivity contribution in [3.8, 4) is 16.9 Å². The standard InChI is InChI=1S/C35H36N2O7/c1-19-27(33(35(41)42)37-32(19)30(20(2)38)34(37)40)18-44-28-10-6-9-23-26(16-29(39)43-4)25-15-21(11-12-24(25)31(23)28)7-5-8-22-13-14-36(3)17-22/h6,9-17,19-20,30,32,38H,5,7-8,18H2,1-4H3,(H,41,42)/p-1/t19-,20?,30?,32?/m0/s1. The van der Waals surface area contributed by atoms with Gasteiger partial charge >= 0.3 is 5.97 Å². The van der Waals surface area contributed by atoms with Crippen LogP contribution in [0.2, 0.25) is 0 Å². The third-order valence-corrected chi connectivity index (χ3v) is 9.14. The van der Waals surface area contributed by atoms with E-state index in [1.54, 1.807) is 6.92 Å². The second-order valence-corrected chi connectivity index (χ2v) is 11.9. The summed E-state index contributed by atoms with van der Waals surface area (Å²) < 4.78 is 13.3. The Morgan fingerprint density at radius 1 is 1.09 bits per heavy atom. The number of hydrogen-bond acceptors (Lipinski definition) is 7. The predicted octanol–water partition coefficient (Wildman–Crippen LogP) is 3.03. The third kappa shape index (κ3) is 4.91. The molecule has 1 aromatic heterocycles. The van der Waals surface area contributed by atoms with Gasteiger partial charge in [-0.25, -0.2) is 4.79 Å². The highest BCUT2D eigenvalue weighted by molar-refractivity contribution is 6.08. The molecule has 44 heavy (non-hydrogen) atoms. The molecular formula is C35H35N2O7-. The van der Waals surface area contributed by atoms with Crippen LogP contribution in [0.4, 0.5) is 0 Å². The molecule has 0 radical (unpaired) electrons. The minimum atomic E-state index is -1.44. The van der Waals surface area contributed by atoms with E-state index >= 15 is 0 Å². The van der Waals surface area contributed by atoms with Gasteiger partial charge in [0.2, 0.25) is 5.91 Å². The van der Waals surface area contributed by atoms with E-state index in [0.29, 0.717) is 11.3 Å². The number of methoxy groups -OCH3 is 1. The van der Waals surface area contributed by atoms with Crippen molar-refractivity contribution >= 4 is 23.4 Å². The lowest BCUT2D eigenvalue weighted by Gasteiger charge is -2.47. The van der Waals surface area contributed by atoms with Gasteiger partial charge in [-0.1, -0.05) is 37.3 Å². The van der Waals surface area contributed by atoms with Crippen LogP contribution in [0.5, 0.6) is 5.75 Å². The van der Waals surface area contributed by atoms with Crippen molar-refractivity contribution < 1.29 is 34.1 Å². The highest BCUT2D eigenvalue weighted by atomic mass is 16.5. The van der Waals surface area contributed by atoms with Gasteiger partial charge < -0.3 is 33.9 Å². The quantitative estimate of drug-likeness (QED) is 0.170. The topological polar surface area (TPSA) is 121 Å². The van der Waals surface area contributed by atoms with Gasteiger partial charge in [-0.3, -0.25) is 4.79 Å². The predicted molar refractivity (Wildman–Crippen MR) is 161 cm³/mol. The summed E-state index contributed by atoms with van der Waals surface area (Å²) in [4.78, 5) is 38.6. The maximum atomic E-state index is 12.7. The maximum Gasteiger partial charge on any atom is 0.331 e. The Hall–Kier alpha value is -4.63. The molecule has 9 nitrogen and oxygen atoms in total. The van der Waals surface area contributed by atoms with Gasteiger partial charge in [-0.15, -0.1) is 0 Å². The lowest BCUT2D eigenvalue weighted by Crippen LogP contribution is -2.64. The number of carbonyl (C=O) groups is 3. The highest BCUT2D eigenvalue weighted by Crippen LogP contribution is 2.50. The Morgan fingerprint density at radius 2 is 1.86 bits per heavy atom. The number of carboxylic acids is 1. The second kappa shape index (κ2) is 11.5. The van der Waals surface area contributed by atoms with Crippen LogP contribution in [0, 0.1) is 11.8 Å². The number of nitrogens with zero attached hydrogens (tertiary/aromatic N) is 2. The van der Waals surface area contributed by atoms with Crippen LogP contribution in [0.3, 0.4) is 0 Å². The van der Waals surface area contributed by atoms with Crippen molar-refractivity contribution in [3.05, 3.63) is 94.5 Å². The first-order chi connectivity index (χ1) is 21.1. The first-order valence-corrected chi connectivity index (χ1v) is 14.9. The molecular weight excluding hydrogens is 560 g/mol. The number of hydrogen-bond donors (Lipinski definition) is 1. The minimum absolute atomic E-state index is 0.0727. The summed E-state index contributed by atoms with van der Waals surface area (Å²) in [5.74, 6) is -2.81. The summed E-state index contributed by atoms with van der Waals surface area (Å²) in [5.41, 5.74) is 6.86. The molecule has 3 heterocycles. The molecule has 2 aliphatic heterocycles. The summed E-state index contributed by atoms with van der Waals surface area (Å²) in [6.45, 7) is 3.31. The molecule has 3 aliphatic rings. The number of carboxylic acid groups (broad SMARTS) is 1. The Balaban J connectivity index is 1.30. The van der Waals surface area contributed by atoms with E-state index in [4.69, 9.17) is 9.47 Å². The number of ether oxygens (including phenoxy) is 2. The van der Waals surface area contributed by atoms with Crippen LogP contribution in [-0.2, 0) is 39.0 Å². The summed E-state index contributed by atoms with van der Waals surface area (Å²) in [6.07, 6.45) is 7.58. The van der Waals surface area contributed by atoms with E-state index < -0.39 is 35.9 Å². The van der Waals surface area contributed by atoms with E-state index in [2.05, 4.69) is 24.4 Å². The molecule has 3 unspecified atom stereocenters. The second-order valence-electron chi connectivity index (χ2n) is 11.9. The van der Waals surface area contributed by atoms with Crippen LogP contribution in [0.25, 0.3) is 16.7 Å². The number of β-lactam (4-membered cyclic amide) rings is 1. The van der Waals surface area contributed by atoms with Gasteiger partial charge in [0.15, 0.2) is 0 Å². The van der Waals surface area contributed by atoms with E-state index in [9.17, 15) is 24.6 Å². The fourth-order valence-electron chi connectivity index (χ4n) is 7.00. The van der Waals surface area contributed by atoms with Crippen LogP contribution in [-0.4, -0.2) is 58.3 Å². The van der Waals surface area contributed by atoms with Crippen LogP contribution < -0.4 is 9.84 Å². The Bertz CT molecular complexity index is 1730. The molecule has 4 atom stereocenters. The van der Waals surface area contributed by atoms with Crippen molar-refractivity contribution in [2.45, 2.75) is 45.3 Å². The normalized spacial score (nSPS) is 21.6. The molecule has 1 aliphatic carbocycles. The van der Waals surface area contributed by atoms with Gasteiger partial charge in [0.25, 0.3) is 0 Å². The average Bonchev–Trinajstić information content (AvgIpc) is 3.62. The number of rotatable bonds is 10. The van der Waals surface area contributed by atoms with Gasteiger partial charge in [-0.05, 0) is 77.3 Å². The molecule has 9 heteroatoms. The first-order valence-electron chi connectivity index (χ1n) is 14.9. The number of aliphatic hydroxyl groups is 1. The van der Waals surface area contributed by atoms with E-state index in [1.807, 2.05) is 49.0 Å². The molecule has 1 saturated heterocycles. The number of amides is 1. The molecule has 0 spiro atoms. The fraction of sp³-hybridized carbons (Fsp3) is 0.343. The van der Waals surface area contributed by atoms with Crippen LogP contribution >= 0.6 is 0 Å². The molecule has 3 aromatic rings. The number of benzene rings is 2. The van der Waals surface area contributed by atoms with Gasteiger partial charge in [0.1, 0.15) is 12.4 Å². The zero-order chi connectivity index (χ0) is 31.3. The molecule has 1 fully saturated rings. The van der Waals surface area contributed by atoms with Crippen molar-refractivity contribution in [3.63, 3.8) is 0 Å². The first kappa shape index (κ1) is 29.4. The van der Waals surface area contributed by atoms with Crippen molar-refractivity contribution in [2.75, 3.05) is 13.7 Å². The van der Waals surface area contributed by atoms with Crippen molar-refractivity contribution in [2.24, 2.45) is 18.9 Å². The van der Waals surface area contributed by atoms with E-state index in [0.717, 1.165) is 52.7 Å². The number of aliphatic carboxylic acids is 1. The third-order valence-electron chi connectivity index (χ3n) is 9.14. The van der Waals surface area contributed by atoms with Gasteiger partial charge in [0.05, 0.1) is 36.8 Å². The molecule has 1 N–H and O–H groups in total. The lowest BCUT2D eigenvalue weighted by molar-refractivity contribution is -0.301. The molecule has 2 aromatic carbocycles. The van der Waals surface area contributed by atoms with Gasteiger partial charge in [-0.2, -0.15) is 0 Å². The largest absolute Gasteiger partial charge is 0.543 e. The number of aliphatic hydroxyl groups excluding tert-OH is 1. The molecule has 6 rings (SSSR count). The number of carbonyl (C=O) groups excluding carboxylic acids is 3. The zero-order valence-electron chi connectivity index (χ0n) is 25.2. The highest BCUT2D eigenvalue weighted by Gasteiger charge is 2.58. The van der Waals surface area contributed by atoms with Crippen LogP contribution in [0.1, 0.15) is 42.5 Å². The summed E-state index contributed by atoms with van der Waals surface area (Å²) in [7, 11) is 3.36.